The molecule has 0 bridgehead atoms. The van der Waals surface area contributed by atoms with Crippen LogP contribution < -0.4 is 4.74 Å². The van der Waals surface area contributed by atoms with Gasteiger partial charge >= 0.3 is 0 Å². The highest BCUT2D eigenvalue weighted by Gasteiger charge is 2.16. The first-order valence-corrected chi connectivity index (χ1v) is 11.8. The molecule has 170 valence electrons. The highest BCUT2D eigenvalue weighted by molar-refractivity contribution is 6.04. The van der Waals surface area contributed by atoms with Crippen molar-refractivity contribution in [2.75, 3.05) is 7.11 Å². The SMILES string of the molecule is COc1c(-c2ccc3ccc4cccnc4c3n2)cccc1-c1ccc2ccc3cccnc3c2n1. The molecule has 0 N–H and O–H groups in total. The summed E-state index contributed by atoms with van der Waals surface area (Å²) in [5, 5.41) is 4.24. The van der Waals surface area contributed by atoms with Crippen molar-refractivity contribution in [3.05, 3.63) is 103 Å². The molecular formula is C31H20N4O. The maximum atomic E-state index is 5.97. The van der Waals surface area contributed by atoms with E-state index in [0.717, 1.165) is 71.9 Å². The van der Waals surface area contributed by atoms with Gasteiger partial charge in [-0.15, -0.1) is 0 Å². The lowest BCUT2D eigenvalue weighted by molar-refractivity contribution is 0.418. The second-order valence-electron chi connectivity index (χ2n) is 8.70. The van der Waals surface area contributed by atoms with Crippen molar-refractivity contribution >= 4 is 43.6 Å². The highest BCUT2D eigenvalue weighted by atomic mass is 16.5. The van der Waals surface area contributed by atoms with Gasteiger partial charge in [0.15, 0.2) is 0 Å². The number of nitrogens with zero attached hydrogens (tertiary/aromatic N) is 4. The zero-order valence-electron chi connectivity index (χ0n) is 19.5. The number of benzene rings is 3. The van der Waals surface area contributed by atoms with Crippen LogP contribution in [0.3, 0.4) is 0 Å². The van der Waals surface area contributed by atoms with Gasteiger partial charge in [0, 0.05) is 45.1 Å². The molecule has 0 amide bonds. The van der Waals surface area contributed by atoms with Gasteiger partial charge in [0.2, 0.25) is 0 Å². The molecule has 0 unspecified atom stereocenters. The summed E-state index contributed by atoms with van der Waals surface area (Å²) >= 11 is 0. The molecule has 0 saturated heterocycles. The van der Waals surface area contributed by atoms with Crippen molar-refractivity contribution in [2.24, 2.45) is 0 Å². The predicted molar refractivity (Wildman–Crippen MR) is 145 cm³/mol. The lowest BCUT2D eigenvalue weighted by Gasteiger charge is -2.14. The van der Waals surface area contributed by atoms with Gasteiger partial charge in [0.1, 0.15) is 5.75 Å². The second kappa shape index (κ2) is 8.10. The summed E-state index contributed by atoms with van der Waals surface area (Å²) in [4.78, 5) is 19.3. The number of fused-ring (bicyclic) bond motifs is 6. The van der Waals surface area contributed by atoms with E-state index in [0.29, 0.717) is 0 Å². The number of ether oxygens (including phenoxy) is 1. The van der Waals surface area contributed by atoms with Gasteiger partial charge in [0.25, 0.3) is 0 Å². The van der Waals surface area contributed by atoms with Crippen LogP contribution in [0.5, 0.6) is 5.75 Å². The van der Waals surface area contributed by atoms with Crippen LogP contribution in [0, 0.1) is 0 Å². The van der Waals surface area contributed by atoms with Crippen molar-refractivity contribution in [3.8, 4) is 28.3 Å². The normalized spacial score (nSPS) is 11.5. The maximum Gasteiger partial charge on any atom is 0.137 e. The van der Waals surface area contributed by atoms with E-state index >= 15 is 0 Å². The molecule has 3 aromatic carbocycles. The molecule has 0 aliphatic heterocycles. The van der Waals surface area contributed by atoms with Crippen LogP contribution in [0.25, 0.3) is 66.1 Å². The first kappa shape index (κ1) is 20.5. The fourth-order valence-corrected chi connectivity index (χ4v) is 4.91. The third-order valence-corrected chi connectivity index (χ3v) is 6.64. The van der Waals surface area contributed by atoms with Crippen molar-refractivity contribution in [1.29, 1.82) is 0 Å². The van der Waals surface area contributed by atoms with Gasteiger partial charge in [-0.3, -0.25) is 9.97 Å². The van der Waals surface area contributed by atoms with Crippen molar-refractivity contribution in [2.45, 2.75) is 0 Å². The van der Waals surface area contributed by atoms with E-state index < -0.39 is 0 Å². The molecule has 36 heavy (non-hydrogen) atoms. The molecule has 4 aromatic heterocycles. The minimum absolute atomic E-state index is 0.734. The van der Waals surface area contributed by atoms with E-state index in [-0.39, 0.29) is 0 Å². The van der Waals surface area contributed by atoms with E-state index in [2.05, 4.69) is 58.5 Å². The van der Waals surface area contributed by atoms with Gasteiger partial charge in [-0.2, -0.15) is 0 Å². The first-order valence-electron chi connectivity index (χ1n) is 11.8. The molecule has 0 saturated carbocycles. The van der Waals surface area contributed by atoms with Crippen LogP contribution >= 0.6 is 0 Å². The van der Waals surface area contributed by atoms with Crippen LogP contribution in [0.1, 0.15) is 0 Å². The Balaban J connectivity index is 1.44. The molecule has 7 aromatic rings. The third kappa shape index (κ3) is 3.17. The summed E-state index contributed by atoms with van der Waals surface area (Å²) in [6.07, 6.45) is 3.61. The molecule has 0 aliphatic rings. The van der Waals surface area contributed by atoms with Gasteiger partial charge in [-0.05, 0) is 36.4 Å². The Morgan fingerprint density at radius 1 is 0.472 bits per heavy atom. The Kier molecular flexibility index (Phi) is 4.61. The number of pyridine rings is 4. The summed E-state index contributed by atoms with van der Waals surface area (Å²) in [5.41, 5.74) is 6.99. The second-order valence-corrected chi connectivity index (χ2v) is 8.70. The zero-order valence-corrected chi connectivity index (χ0v) is 19.5. The quantitative estimate of drug-likeness (QED) is 0.258. The lowest BCUT2D eigenvalue weighted by Crippen LogP contribution is -1.96. The Labute approximate surface area is 207 Å². The molecule has 5 nitrogen and oxygen atoms in total. The van der Waals surface area contributed by atoms with E-state index in [9.17, 15) is 0 Å². The topological polar surface area (TPSA) is 60.8 Å². The fraction of sp³-hybridized carbons (Fsp3) is 0.0323. The van der Waals surface area contributed by atoms with E-state index in [4.69, 9.17) is 14.7 Å². The molecule has 0 fully saturated rings. The average Bonchev–Trinajstić information content (AvgIpc) is 2.96. The predicted octanol–water partition coefficient (Wildman–Crippen LogP) is 7.22. The first-order chi connectivity index (χ1) is 17.8. The zero-order chi connectivity index (χ0) is 24.1. The van der Waals surface area contributed by atoms with Gasteiger partial charge < -0.3 is 4.74 Å². The summed E-state index contributed by atoms with van der Waals surface area (Å²) in [5.74, 6) is 0.734. The van der Waals surface area contributed by atoms with Gasteiger partial charge in [-0.1, -0.05) is 54.6 Å². The molecule has 5 heteroatoms. The van der Waals surface area contributed by atoms with E-state index in [1.54, 1.807) is 19.5 Å². The average molecular weight is 465 g/mol. The number of hydrogen-bond donors (Lipinski definition) is 0. The number of hydrogen-bond acceptors (Lipinski definition) is 5. The van der Waals surface area contributed by atoms with E-state index in [1.165, 1.54) is 0 Å². The van der Waals surface area contributed by atoms with Crippen LogP contribution in [0.4, 0.5) is 0 Å². The summed E-state index contributed by atoms with van der Waals surface area (Å²) in [6.45, 7) is 0. The third-order valence-electron chi connectivity index (χ3n) is 6.64. The van der Waals surface area contributed by atoms with Gasteiger partial charge in [0.05, 0.1) is 40.6 Å². The molecule has 0 radical (unpaired) electrons. The molecular weight excluding hydrogens is 444 g/mol. The fourth-order valence-electron chi connectivity index (χ4n) is 4.91. The minimum atomic E-state index is 0.734. The molecule has 4 heterocycles. The molecule has 0 spiro atoms. The van der Waals surface area contributed by atoms with Crippen molar-refractivity contribution in [3.63, 3.8) is 0 Å². The summed E-state index contributed by atoms with van der Waals surface area (Å²) in [6, 6.07) is 30.7. The van der Waals surface area contributed by atoms with Crippen molar-refractivity contribution < 1.29 is 4.74 Å². The van der Waals surface area contributed by atoms with Crippen LogP contribution in [0.2, 0.25) is 0 Å². The van der Waals surface area contributed by atoms with Crippen LogP contribution in [-0.4, -0.2) is 27.0 Å². The smallest absolute Gasteiger partial charge is 0.137 e. The Morgan fingerprint density at radius 3 is 1.39 bits per heavy atom. The number of methoxy groups -OCH3 is 1. The Bertz CT molecular complexity index is 1810. The Hall–Kier alpha value is -4.90. The van der Waals surface area contributed by atoms with Crippen LogP contribution in [-0.2, 0) is 0 Å². The van der Waals surface area contributed by atoms with Gasteiger partial charge in [-0.25, -0.2) is 9.97 Å². The number of rotatable bonds is 3. The monoisotopic (exact) mass is 464 g/mol. The number of para-hydroxylation sites is 1. The largest absolute Gasteiger partial charge is 0.495 e. The number of aromatic nitrogens is 4. The molecule has 0 atom stereocenters. The standard InChI is InChI=1S/C31H20N4O/c1-36-31-23(25-15-13-21-11-9-19-5-3-17-32-27(19)29(21)34-25)7-2-8-24(31)26-16-14-22-12-10-20-6-4-18-33-28(20)30(22)35-26/h2-18H,1H3. The van der Waals surface area contributed by atoms with Crippen LogP contribution in [0.15, 0.2) is 103 Å². The Morgan fingerprint density at radius 2 is 0.917 bits per heavy atom. The van der Waals surface area contributed by atoms with E-state index in [1.807, 2.05) is 42.5 Å². The maximum absolute atomic E-state index is 5.97. The summed E-state index contributed by atoms with van der Waals surface area (Å²) < 4.78 is 5.97. The van der Waals surface area contributed by atoms with Crippen molar-refractivity contribution in [1.82, 2.24) is 19.9 Å². The highest BCUT2D eigenvalue weighted by Crippen LogP contribution is 2.39. The minimum Gasteiger partial charge on any atom is -0.495 e. The molecule has 7 rings (SSSR count). The lowest BCUT2D eigenvalue weighted by atomic mass is 10.0. The molecule has 0 aliphatic carbocycles. The summed E-state index contributed by atoms with van der Waals surface area (Å²) in [7, 11) is 1.69.